The first kappa shape index (κ1) is 15.0. The van der Waals surface area contributed by atoms with Gasteiger partial charge in [0.05, 0.1) is 5.51 Å². The van der Waals surface area contributed by atoms with E-state index in [-0.39, 0.29) is 11.4 Å². The number of aromatic nitrogens is 1. The molecule has 2 rings (SSSR count). The van der Waals surface area contributed by atoms with Crippen molar-refractivity contribution in [2.24, 2.45) is 0 Å². The minimum absolute atomic E-state index is 0.114. The van der Waals surface area contributed by atoms with Crippen LogP contribution in [0.3, 0.4) is 0 Å². The van der Waals surface area contributed by atoms with Crippen molar-refractivity contribution in [3.63, 3.8) is 0 Å². The van der Waals surface area contributed by atoms with E-state index >= 15 is 0 Å². The number of nitrogens with zero attached hydrogens (tertiary/aromatic N) is 1. The Hall–Kier alpha value is -1.40. The van der Waals surface area contributed by atoms with Crippen molar-refractivity contribution >= 4 is 43.9 Å². The van der Waals surface area contributed by atoms with Crippen molar-refractivity contribution in [2.45, 2.75) is 26.3 Å². The van der Waals surface area contributed by atoms with Crippen molar-refractivity contribution in [2.75, 3.05) is 10.6 Å². The Labute approximate surface area is 130 Å². The van der Waals surface area contributed by atoms with Crippen LogP contribution in [0.4, 0.5) is 10.7 Å². The van der Waals surface area contributed by atoms with Gasteiger partial charge in [-0.05, 0) is 39.0 Å². The van der Waals surface area contributed by atoms with Crippen LogP contribution in [-0.4, -0.2) is 16.4 Å². The molecule has 1 aromatic heterocycles. The third kappa shape index (κ3) is 4.05. The molecule has 4 nitrogen and oxygen atoms in total. The van der Waals surface area contributed by atoms with Crippen LogP contribution in [-0.2, 0) is 0 Å². The fourth-order valence-electron chi connectivity index (χ4n) is 1.59. The van der Waals surface area contributed by atoms with Gasteiger partial charge in [0.2, 0.25) is 0 Å². The summed E-state index contributed by atoms with van der Waals surface area (Å²) in [6.45, 7) is 6.13. The van der Waals surface area contributed by atoms with Crippen molar-refractivity contribution in [3.8, 4) is 0 Å². The number of amides is 1. The standard InChI is InChI=1S/C14H16BrN3OS/c1-14(2,3)18-13-11(16-8-20-13)12(19)17-10-6-4-5-9(15)7-10/h4-8,18H,1-3H3,(H,17,19). The number of nitrogens with one attached hydrogen (secondary N) is 2. The first-order valence-electron chi connectivity index (χ1n) is 6.14. The van der Waals surface area contributed by atoms with E-state index in [0.717, 1.165) is 15.2 Å². The molecule has 2 N–H and O–H groups in total. The van der Waals surface area contributed by atoms with E-state index in [1.165, 1.54) is 11.3 Å². The molecule has 2 aromatic rings. The zero-order chi connectivity index (χ0) is 14.8. The lowest BCUT2D eigenvalue weighted by Gasteiger charge is -2.21. The molecule has 1 aromatic carbocycles. The molecule has 1 amide bonds. The van der Waals surface area contributed by atoms with Crippen LogP contribution in [0.15, 0.2) is 34.2 Å². The van der Waals surface area contributed by atoms with Gasteiger partial charge in [-0.15, -0.1) is 11.3 Å². The second-order valence-corrected chi connectivity index (χ2v) is 7.14. The lowest BCUT2D eigenvalue weighted by atomic mass is 10.1. The van der Waals surface area contributed by atoms with E-state index in [0.29, 0.717) is 5.69 Å². The molecule has 0 aliphatic heterocycles. The molecule has 6 heteroatoms. The van der Waals surface area contributed by atoms with Gasteiger partial charge in [-0.25, -0.2) is 4.98 Å². The molecule has 20 heavy (non-hydrogen) atoms. The molecule has 0 saturated carbocycles. The van der Waals surface area contributed by atoms with Crippen LogP contribution in [0.2, 0.25) is 0 Å². The van der Waals surface area contributed by atoms with Gasteiger partial charge in [0.1, 0.15) is 5.00 Å². The first-order valence-corrected chi connectivity index (χ1v) is 7.81. The lowest BCUT2D eigenvalue weighted by Crippen LogP contribution is -2.27. The largest absolute Gasteiger partial charge is 0.370 e. The van der Waals surface area contributed by atoms with Gasteiger partial charge >= 0.3 is 0 Å². The van der Waals surface area contributed by atoms with Crippen LogP contribution < -0.4 is 10.6 Å². The number of hydrogen-bond donors (Lipinski definition) is 2. The van der Waals surface area contributed by atoms with Gasteiger partial charge in [-0.3, -0.25) is 4.79 Å². The van der Waals surface area contributed by atoms with Gasteiger partial charge in [0.25, 0.3) is 5.91 Å². The third-order valence-electron chi connectivity index (χ3n) is 2.35. The minimum Gasteiger partial charge on any atom is -0.370 e. The van der Waals surface area contributed by atoms with Gasteiger partial charge in [-0.1, -0.05) is 22.0 Å². The van der Waals surface area contributed by atoms with Crippen LogP contribution in [0.1, 0.15) is 31.3 Å². The molecular weight excluding hydrogens is 338 g/mol. The Bertz CT molecular complexity index is 619. The average molecular weight is 354 g/mol. The molecule has 106 valence electrons. The van der Waals surface area contributed by atoms with Crippen LogP contribution in [0.25, 0.3) is 0 Å². The molecule has 0 radical (unpaired) electrons. The van der Waals surface area contributed by atoms with Gasteiger partial charge < -0.3 is 10.6 Å². The molecule has 0 saturated heterocycles. The topological polar surface area (TPSA) is 54.0 Å². The highest BCUT2D eigenvalue weighted by molar-refractivity contribution is 9.10. The number of benzene rings is 1. The maximum atomic E-state index is 12.3. The fourth-order valence-corrected chi connectivity index (χ4v) is 2.88. The van der Waals surface area contributed by atoms with Crippen molar-refractivity contribution in [1.82, 2.24) is 4.98 Å². The highest BCUT2D eigenvalue weighted by Gasteiger charge is 2.19. The fraction of sp³-hybridized carbons (Fsp3) is 0.286. The lowest BCUT2D eigenvalue weighted by molar-refractivity contribution is 0.102. The number of rotatable bonds is 3. The predicted molar refractivity (Wildman–Crippen MR) is 87.6 cm³/mol. The van der Waals surface area contributed by atoms with E-state index in [1.54, 1.807) is 5.51 Å². The molecule has 0 fully saturated rings. The molecule has 1 heterocycles. The molecule has 0 bridgehead atoms. The summed E-state index contributed by atoms with van der Waals surface area (Å²) in [4.78, 5) is 16.4. The highest BCUT2D eigenvalue weighted by atomic mass is 79.9. The van der Waals surface area contributed by atoms with Crippen molar-refractivity contribution in [1.29, 1.82) is 0 Å². The molecule has 0 spiro atoms. The summed E-state index contributed by atoms with van der Waals surface area (Å²) in [6, 6.07) is 7.47. The summed E-state index contributed by atoms with van der Waals surface area (Å²) in [5.41, 5.74) is 2.71. The second-order valence-electron chi connectivity index (χ2n) is 5.37. The molecule has 0 atom stereocenters. The number of halogens is 1. The summed E-state index contributed by atoms with van der Waals surface area (Å²) in [5, 5.41) is 6.92. The van der Waals surface area contributed by atoms with Crippen LogP contribution >= 0.6 is 27.3 Å². The SMILES string of the molecule is CC(C)(C)Nc1scnc1C(=O)Nc1cccc(Br)c1. The Morgan fingerprint density at radius 3 is 2.75 bits per heavy atom. The van der Waals surface area contributed by atoms with Crippen LogP contribution in [0, 0.1) is 0 Å². The Balaban J connectivity index is 2.16. The van der Waals surface area contributed by atoms with Crippen molar-refractivity contribution in [3.05, 3.63) is 39.9 Å². The Morgan fingerprint density at radius 2 is 2.10 bits per heavy atom. The minimum atomic E-state index is -0.212. The van der Waals surface area contributed by atoms with Gasteiger partial charge in [-0.2, -0.15) is 0 Å². The number of anilines is 2. The normalized spacial score (nSPS) is 11.2. The van der Waals surface area contributed by atoms with Crippen LogP contribution in [0.5, 0.6) is 0 Å². The third-order valence-corrected chi connectivity index (χ3v) is 3.59. The molecular formula is C14H16BrN3OS. The Morgan fingerprint density at radius 1 is 1.35 bits per heavy atom. The van der Waals surface area contributed by atoms with E-state index < -0.39 is 0 Å². The second kappa shape index (κ2) is 5.93. The summed E-state index contributed by atoms with van der Waals surface area (Å²) >= 11 is 4.80. The number of thiazole rings is 1. The molecule has 0 unspecified atom stereocenters. The highest BCUT2D eigenvalue weighted by Crippen LogP contribution is 2.25. The van der Waals surface area contributed by atoms with E-state index in [2.05, 4.69) is 31.5 Å². The first-order chi connectivity index (χ1) is 9.35. The summed E-state index contributed by atoms with van der Waals surface area (Å²) in [6.07, 6.45) is 0. The maximum Gasteiger partial charge on any atom is 0.277 e. The molecule has 0 aliphatic carbocycles. The van der Waals surface area contributed by atoms with Crippen molar-refractivity contribution < 1.29 is 4.79 Å². The summed E-state index contributed by atoms with van der Waals surface area (Å²) < 4.78 is 0.918. The van der Waals surface area contributed by atoms with Gasteiger partial charge in [0.15, 0.2) is 5.69 Å². The number of hydrogen-bond acceptors (Lipinski definition) is 4. The molecule has 0 aliphatic rings. The monoisotopic (exact) mass is 353 g/mol. The number of carbonyl (C=O) groups excluding carboxylic acids is 1. The van der Waals surface area contributed by atoms with E-state index in [9.17, 15) is 4.79 Å². The number of carbonyl (C=O) groups is 1. The smallest absolute Gasteiger partial charge is 0.277 e. The van der Waals surface area contributed by atoms with E-state index in [4.69, 9.17) is 0 Å². The summed E-state index contributed by atoms with van der Waals surface area (Å²) in [5.74, 6) is -0.212. The zero-order valence-corrected chi connectivity index (χ0v) is 13.9. The maximum absolute atomic E-state index is 12.3. The Kier molecular flexibility index (Phi) is 4.45. The quantitative estimate of drug-likeness (QED) is 0.861. The zero-order valence-electron chi connectivity index (χ0n) is 11.5. The average Bonchev–Trinajstić information content (AvgIpc) is 2.74. The van der Waals surface area contributed by atoms with Gasteiger partial charge in [0, 0.05) is 15.7 Å². The van der Waals surface area contributed by atoms with E-state index in [1.807, 2.05) is 45.0 Å². The predicted octanol–water partition coefficient (Wildman–Crippen LogP) is 4.37. The summed E-state index contributed by atoms with van der Waals surface area (Å²) in [7, 11) is 0.